The molecule has 2 heterocycles. The highest BCUT2D eigenvalue weighted by atomic mass is 28.3. The van der Waals surface area contributed by atoms with Crippen LogP contribution in [0.3, 0.4) is 0 Å². The van der Waals surface area contributed by atoms with Gasteiger partial charge in [0.05, 0.1) is 12.6 Å². The van der Waals surface area contributed by atoms with E-state index < -0.39 is 8.07 Å². The van der Waals surface area contributed by atoms with Gasteiger partial charge in [0.15, 0.2) is 5.82 Å². The van der Waals surface area contributed by atoms with Gasteiger partial charge in [-0.1, -0.05) is 43.9 Å². The number of hydrogen-bond donors (Lipinski definition) is 2. The van der Waals surface area contributed by atoms with Crippen LogP contribution in [0.4, 0.5) is 5.82 Å². The fraction of sp³-hybridized carbons (Fsp3) is 0.308. The van der Waals surface area contributed by atoms with Crippen molar-refractivity contribution in [3.63, 3.8) is 0 Å². The number of hydrogen-bond acceptors (Lipinski definition) is 6. The summed E-state index contributed by atoms with van der Waals surface area (Å²) >= 11 is 0. The quantitative estimate of drug-likeness (QED) is 0.224. The lowest BCUT2D eigenvalue weighted by molar-refractivity contribution is 0.0903. The van der Waals surface area contributed by atoms with Gasteiger partial charge in [-0.15, -0.1) is 10.2 Å². The zero-order valence-corrected chi connectivity index (χ0v) is 21.2. The molecule has 2 aromatic heterocycles. The lowest BCUT2D eigenvalue weighted by Gasteiger charge is -2.16. The molecule has 0 bridgehead atoms. The summed E-state index contributed by atoms with van der Waals surface area (Å²) in [5.41, 5.74) is 3.29. The van der Waals surface area contributed by atoms with Gasteiger partial charge < -0.3 is 24.5 Å². The number of ether oxygens (including phenoxy) is 2. The first-order valence-electron chi connectivity index (χ1n) is 11.4. The summed E-state index contributed by atoms with van der Waals surface area (Å²) in [4.78, 5) is 0. The van der Waals surface area contributed by atoms with Gasteiger partial charge in [-0.25, -0.2) is 0 Å². The number of phenolic OH excluding ortho intramolecular Hbond substituents is 1. The van der Waals surface area contributed by atoms with Gasteiger partial charge in [0, 0.05) is 38.4 Å². The van der Waals surface area contributed by atoms with E-state index in [1.165, 1.54) is 0 Å². The van der Waals surface area contributed by atoms with Crippen LogP contribution in [-0.4, -0.2) is 41.7 Å². The second-order valence-corrected chi connectivity index (χ2v) is 15.1. The smallest absolute Gasteiger partial charge is 0.173 e. The van der Waals surface area contributed by atoms with Crippen molar-refractivity contribution in [1.29, 1.82) is 0 Å². The molecule has 0 aliphatic heterocycles. The number of phenols is 1. The molecule has 0 saturated carbocycles. The maximum atomic E-state index is 10.4. The number of anilines is 1. The Hall–Kier alpha value is -3.36. The minimum Gasteiger partial charge on any atom is -0.507 e. The maximum Gasteiger partial charge on any atom is 0.173 e. The van der Waals surface area contributed by atoms with Crippen LogP contribution < -0.4 is 10.1 Å². The number of rotatable bonds is 10. The second-order valence-electron chi connectivity index (χ2n) is 9.51. The second kappa shape index (κ2) is 10.3. The van der Waals surface area contributed by atoms with Crippen LogP contribution >= 0.6 is 0 Å². The zero-order valence-electron chi connectivity index (χ0n) is 20.2. The van der Waals surface area contributed by atoms with Crippen molar-refractivity contribution in [1.82, 2.24) is 14.8 Å². The SMILES string of the molecule is COc1ccc(CNc2nnc(-c3ccccc3O)c3ccn(COCC[Si](C)(C)C)c23)cc1. The Balaban J connectivity index is 1.65. The van der Waals surface area contributed by atoms with Crippen LogP contribution in [0.5, 0.6) is 11.5 Å². The molecule has 0 atom stereocenters. The summed E-state index contributed by atoms with van der Waals surface area (Å²) in [7, 11) is 0.492. The largest absolute Gasteiger partial charge is 0.507 e. The summed E-state index contributed by atoms with van der Waals surface area (Å²) in [5.74, 6) is 1.67. The maximum absolute atomic E-state index is 10.4. The molecule has 0 aliphatic carbocycles. The molecule has 8 heteroatoms. The van der Waals surface area contributed by atoms with Gasteiger partial charge in [0.2, 0.25) is 0 Å². The lowest BCUT2D eigenvalue weighted by atomic mass is 10.1. The molecule has 178 valence electrons. The molecule has 34 heavy (non-hydrogen) atoms. The lowest BCUT2D eigenvalue weighted by Crippen LogP contribution is -2.22. The first-order chi connectivity index (χ1) is 16.4. The normalized spacial score (nSPS) is 11.6. The van der Waals surface area contributed by atoms with E-state index in [1.807, 2.05) is 53.2 Å². The topological polar surface area (TPSA) is 81.4 Å². The summed E-state index contributed by atoms with van der Waals surface area (Å²) in [5, 5.41) is 23.7. The molecule has 7 nitrogen and oxygen atoms in total. The fourth-order valence-corrected chi connectivity index (χ4v) is 4.46. The van der Waals surface area contributed by atoms with Crippen LogP contribution in [0.2, 0.25) is 25.7 Å². The summed E-state index contributed by atoms with van der Waals surface area (Å²) in [6.45, 7) is 8.78. The molecule has 0 radical (unpaired) electrons. The number of nitrogens with zero attached hydrogens (tertiary/aromatic N) is 3. The zero-order chi connectivity index (χ0) is 24.1. The Labute approximate surface area is 201 Å². The number of fused-ring (bicyclic) bond motifs is 1. The van der Waals surface area contributed by atoms with E-state index in [2.05, 4.69) is 35.2 Å². The highest BCUT2D eigenvalue weighted by Crippen LogP contribution is 2.35. The average molecular weight is 477 g/mol. The standard InChI is InChI=1S/C26H32N4O3Si/c1-32-20-11-9-19(10-12-20)17-27-26-25-22(13-14-30(25)18-33-15-16-34(2,3)4)24(28-29-26)21-7-5-6-8-23(21)31/h5-14,31H,15-18H2,1-4H3,(H,27,29). The number of aromatic nitrogens is 3. The van der Waals surface area contributed by atoms with Gasteiger partial charge in [-0.3, -0.25) is 0 Å². The fourth-order valence-electron chi connectivity index (χ4n) is 3.70. The van der Waals surface area contributed by atoms with Crippen LogP contribution in [0.1, 0.15) is 5.56 Å². The molecule has 0 spiro atoms. The van der Waals surface area contributed by atoms with Gasteiger partial charge in [0.25, 0.3) is 0 Å². The molecule has 0 aliphatic rings. The van der Waals surface area contributed by atoms with Crippen molar-refractivity contribution < 1.29 is 14.6 Å². The number of nitrogens with one attached hydrogen (secondary N) is 1. The Morgan fingerprint density at radius 2 is 1.76 bits per heavy atom. The number of aromatic hydroxyl groups is 1. The van der Waals surface area contributed by atoms with Crippen molar-refractivity contribution in [3.8, 4) is 22.8 Å². The van der Waals surface area contributed by atoms with E-state index in [0.29, 0.717) is 30.4 Å². The molecule has 0 saturated heterocycles. The first-order valence-corrected chi connectivity index (χ1v) is 15.1. The predicted molar refractivity (Wildman–Crippen MR) is 139 cm³/mol. The highest BCUT2D eigenvalue weighted by molar-refractivity contribution is 6.76. The Morgan fingerprint density at radius 1 is 1.00 bits per heavy atom. The number of methoxy groups -OCH3 is 1. The van der Waals surface area contributed by atoms with E-state index >= 15 is 0 Å². The van der Waals surface area contributed by atoms with E-state index in [-0.39, 0.29) is 5.75 Å². The van der Waals surface area contributed by atoms with Gasteiger partial charge in [0.1, 0.15) is 23.9 Å². The summed E-state index contributed by atoms with van der Waals surface area (Å²) in [6.07, 6.45) is 1.99. The van der Waals surface area contributed by atoms with E-state index in [0.717, 1.165) is 34.9 Å². The molecule has 0 unspecified atom stereocenters. The molecular weight excluding hydrogens is 444 g/mol. The van der Waals surface area contributed by atoms with E-state index in [9.17, 15) is 5.11 Å². The van der Waals surface area contributed by atoms with Gasteiger partial charge in [-0.2, -0.15) is 0 Å². The Bertz CT molecular complexity index is 1250. The van der Waals surface area contributed by atoms with Crippen LogP contribution in [0.15, 0.2) is 60.8 Å². The number of benzene rings is 2. The Kier molecular flexibility index (Phi) is 7.19. The van der Waals surface area contributed by atoms with Crippen molar-refractivity contribution in [2.45, 2.75) is 39.0 Å². The molecule has 4 aromatic rings. The van der Waals surface area contributed by atoms with Gasteiger partial charge >= 0.3 is 0 Å². The molecular formula is C26H32N4O3Si. The average Bonchev–Trinajstić information content (AvgIpc) is 3.25. The van der Waals surface area contributed by atoms with Gasteiger partial charge in [-0.05, 0) is 41.9 Å². The summed E-state index contributed by atoms with van der Waals surface area (Å²) < 4.78 is 13.3. The third kappa shape index (κ3) is 5.57. The van der Waals surface area contributed by atoms with E-state index in [4.69, 9.17) is 9.47 Å². The summed E-state index contributed by atoms with van der Waals surface area (Å²) in [6, 6.07) is 18.2. The molecule has 0 fully saturated rings. The minimum atomic E-state index is -1.17. The Morgan fingerprint density at radius 3 is 2.47 bits per heavy atom. The van der Waals surface area contributed by atoms with Crippen molar-refractivity contribution >= 4 is 24.8 Å². The number of para-hydroxylation sites is 1. The third-order valence-electron chi connectivity index (χ3n) is 5.70. The van der Waals surface area contributed by atoms with E-state index in [1.54, 1.807) is 19.2 Å². The molecule has 2 N–H and O–H groups in total. The highest BCUT2D eigenvalue weighted by Gasteiger charge is 2.18. The molecule has 4 rings (SSSR count). The minimum absolute atomic E-state index is 0.177. The first kappa shape index (κ1) is 23.8. The van der Waals surface area contributed by atoms with Crippen LogP contribution in [0.25, 0.3) is 22.2 Å². The van der Waals surface area contributed by atoms with Crippen molar-refractivity contribution in [3.05, 3.63) is 66.4 Å². The third-order valence-corrected chi connectivity index (χ3v) is 7.40. The van der Waals surface area contributed by atoms with Crippen molar-refractivity contribution in [2.75, 3.05) is 19.0 Å². The van der Waals surface area contributed by atoms with Crippen molar-refractivity contribution in [2.24, 2.45) is 0 Å². The monoisotopic (exact) mass is 476 g/mol. The van der Waals surface area contributed by atoms with Crippen LogP contribution in [0, 0.1) is 0 Å². The predicted octanol–water partition coefficient (Wildman–Crippen LogP) is 5.74. The molecule has 0 amide bonds. The molecule has 2 aromatic carbocycles. The van der Waals surface area contributed by atoms with Crippen LogP contribution in [-0.2, 0) is 18.0 Å².